The van der Waals surface area contributed by atoms with Gasteiger partial charge in [-0.25, -0.2) is 9.97 Å². The van der Waals surface area contributed by atoms with Gasteiger partial charge < -0.3 is 20.1 Å². The molecule has 6 heteroatoms. The fourth-order valence-electron chi connectivity index (χ4n) is 1.42. The lowest BCUT2D eigenvalue weighted by Crippen LogP contribution is -2.24. The van der Waals surface area contributed by atoms with E-state index < -0.39 is 0 Å². The first-order valence-corrected chi connectivity index (χ1v) is 6.17. The quantitative estimate of drug-likeness (QED) is 0.699. The summed E-state index contributed by atoms with van der Waals surface area (Å²) in [6.07, 6.45) is 0. The summed E-state index contributed by atoms with van der Waals surface area (Å²) in [7, 11) is 1.95. The van der Waals surface area contributed by atoms with Crippen molar-refractivity contribution in [2.75, 3.05) is 44.0 Å². The van der Waals surface area contributed by atoms with E-state index in [1.165, 1.54) is 0 Å². The minimum absolute atomic E-state index is 0.383. The number of hydrogen-bond donors (Lipinski definition) is 1. The molecule has 0 aromatic carbocycles. The molecule has 0 saturated carbocycles. The highest BCUT2D eigenvalue weighted by molar-refractivity contribution is 5.46. The number of hydrogen-bond acceptors (Lipinski definition) is 6. The molecule has 0 aliphatic heterocycles. The summed E-state index contributed by atoms with van der Waals surface area (Å²) in [6.45, 7) is 7.07. The summed E-state index contributed by atoms with van der Waals surface area (Å²) >= 11 is 0. The number of likely N-dealkylation sites (N-methyl/N-ethyl adjacent to an activating group) is 1. The van der Waals surface area contributed by atoms with Crippen LogP contribution in [0, 0.1) is 0 Å². The van der Waals surface area contributed by atoms with Crippen LogP contribution in [0.15, 0.2) is 6.07 Å². The molecule has 0 atom stereocenters. The molecule has 0 saturated heterocycles. The van der Waals surface area contributed by atoms with Crippen molar-refractivity contribution >= 4 is 11.6 Å². The highest BCUT2D eigenvalue weighted by atomic mass is 16.5. The van der Waals surface area contributed by atoms with Crippen LogP contribution in [0.3, 0.4) is 0 Å². The van der Waals surface area contributed by atoms with Crippen LogP contribution in [0.1, 0.15) is 19.7 Å². The first-order chi connectivity index (χ1) is 8.67. The second-order valence-electron chi connectivity index (χ2n) is 3.82. The van der Waals surface area contributed by atoms with Crippen molar-refractivity contribution in [3.05, 3.63) is 11.9 Å². The van der Waals surface area contributed by atoms with Gasteiger partial charge in [0.15, 0.2) is 5.82 Å². The summed E-state index contributed by atoms with van der Waals surface area (Å²) in [6, 6.07) is 1.75. The van der Waals surface area contributed by atoms with E-state index in [0.29, 0.717) is 31.5 Å². The fraction of sp³-hybridized carbons (Fsp3) is 0.667. The number of aromatic nitrogens is 2. The summed E-state index contributed by atoms with van der Waals surface area (Å²) in [4.78, 5) is 10.5. The summed E-state index contributed by atoms with van der Waals surface area (Å²) in [5, 5.41) is 0. The van der Waals surface area contributed by atoms with Crippen molar-refractivity contribution in [3.63, 3.8) is 0 Å². The first kappa shape index (κ1) is 14.7. The van der Waals surface area contributed by atoms with Gasteiger partial charge in [-0.1, -0.05) is 0 Å². The van der Waals surface area contributed by atoms with Crippen LogP contribution in [-0.2, 0) is 16.1 Å². The lowest BCUT2D eigenvalue weighted by Gasteiger charge is -2.18. The van der Waals surface area contributed by atoms with Gasteiger partial charge in [0.1, 0.15) is 18.2 Å². The Kier molecular flexibility index (Phi) is 6.38. The highest BCUT2D eigenvalue weighted by Gasteiger charge is 2.07. The minimum atomic E-state index is 0.383. The zero-order chi connectivity index (χ0) is 13.4. The SMILES string of the molecule is CCOCCN(C)c1cc(N)nc(COCC)n1. The second kappa shape index (κ2) is 7.84. The van der Waals surface area contributed by atoms with E-state index in [1.54, 1.807) is 6.07 Å². The maximum atomic E-state index is 5.76. The molecule has 1 aromatic rings. The van der Waals surface area contributed by atoms with E-state index >= 15 is 0 Å². The third kappa shape index (κ3) is 4.85. The largest absolute Gasteiger partial charge is 0.384 e. The summed E-state index contributed by atoms with van der Waals surface area (Å²) in [5.41, 5.74) is 5.76. The van der Waals surface area contributed by atoms with Crippen molar-refractivity contribution in [3.8, 4) is 0 Å². The molecule has 1 aromatic heterocycles. The van der Waals surface area contributed by atoms with Gasteiger partial charge in [0.25, 0.3) is 0 Å². The Morgan fingerprint density at radius 3 is 2.61 bits per heavy atom. The Labute approximate surface area is 108 Å². The summed E-state index contributed by atoms with van der Waals surface area (Å²) < 4.78 is 10.6. The molecular weight excluding hydrogens is 232 g/mol. The standard InChI is InChI=1S/C12H22N4O2/c1-4-17-7-6-16(3)12-8-10(13)14-11(15-12)9-18-5-2/h8H,4-7,9H2,1-3H3,(H2,13,14,15). The van der Waals surface area contributed by atoms with Crippen LogP contribution >= 0.6 is 0 Å². The maximum Gasteiger partial charge on any atom is 0.158 e. The van der Waals surface area contributed by atoms with Crippen molar-refractivity contribution < 1.29 is 9.47 Å². The molecule has 0 unspecified atom stereocenters. The molecule has 102 valence electrons. The van der Waals surface area contributed by atoms with Crippen molar-refractivity contribution in [1.29, 1.82) is 0 Å². The molecule has 18 heavy (non-hydrogen) atoms. The zero-order valence-corrected chi connectivity index (χ0v) is 11.3. The first-order valence-electron chi connectivity index (χ1n) is 6.17. The molecule has 0 bridgehead atoms. The van der Waals surface area contributed by atoms with Gasteiger partial charge in [0, 0.05) is 32.9 Å². The molecule has 0 aliphatic carbocycles. The van der Waals surface area contributed by atoms with Crippen molar-refractivity contribution in [2.45, 2.75) is 20.5 Å². The lowest BCUT2D eigenvalue weighted by molar-refractivity contribution is 0.128. The van der Waals surface area contributed by atoms with E-state index in [-0.39, 0.29) is 0 Å². The zero-order valence-electron chi connectivity index (χ0n) is 11.3. The van der Waals surface area contributed by atoms with Crippen molar-refractivity contribution in [2.24, 2.45) is 0 Å². The normalized spacial score (nSPS) is 10.6. The van der Waals surface area contributed by atoms with Crippen LogP contribution in [0.2, 0.25) is 0 Å². The van der Waals surface area contributed by atoms with Crippen LogP contribution in [0.25, 0.3) is 0 Å². The average molecular weight is 254 g/mol. The molecule has 6 nitrogen and oxygen atoms in total. The Morgan fingerprint density at radius 1 is 1.22 bits per heavy atom. The Balaban J connectivity index is 2.65. The predicted octanol–water partition coefficient (Wildman–Crippen LogP) is 1.07. The van der Waals surface area contributed by atoms with Crippen LogP contribution in [0.5, 0.6) is 0 Å². The monoisotopic (exact) mass is 254 g/mol. The molecule has 0 fully saturated rings. The van der Waals surface area contributed by atoms with E-state index in [4.69, 9.17) is 15.2 Å². The third-order valence-corrected chi connectivity index (χ3v) is 2.38. The maximum absolute atomic E-state index is 5.76. The Bertz CT molecular complexity index is 360. The van der Waals surface area contributed by atoms with Gasteiger partial charge in [-0.15, -0.1) is 0 Å². The van der Waals surface area contributed by atoms with Crippen LogP contribution in [0.4, 0.5) is 11.6 Å². The average Bonchev–Trinajstić information content (AvgIpc) is 2.36. The highest BCUT2D eigenvalue weighted by Crippen LogP contribution is 2.12. The number of rotatable bonds is 8. The molecule has 0 spiro atoms. The number of nitrogen functional groups attached to an aromatic ring is 1. The fourth-order valence-corrected chi connectivity index (χ4v) is 1.42. The molecule has 1 rings (SSSR count). The second-order valence-corrected chi connectivity index (χ2v) is 3.82. The molecule has 2 N–H and O–H groups in total. The van der Waals surface area contributed by atoms with E-state index in [2.05, 4.69) is 9.97 Å². The molecule has 0 amide bonds. The van der Waals surface area contributed by atoms with Gasteiger partial charge in [0.05, 0.1) is 6.61 Å². The van der Waals surface area contributed by atoms with E-state index in [1.807, 2.05) is 25.8 Å². The number of nitrogens with zero attached hydrogens (tertiary/aromatic N) is 3. The number of ether oxygens (including phenoxy) is 2. The third-order valence-electron chi connectivity index (χ3n) is 2.38. The van der Waals surface area contributed by atoms with Gasteiger partial charge in [-0.3, -0.25) is 0 Å². The van der Waals surface area contributed by atoms with Gasteiger partial charge in [0.2, 0.25) is 0 Å². The number of nitrogens with two attached hydrogens (primary N) is 1. The smallest absolute Gasteiger partial charge is 0.158 e. The van der Waals surface area contributed by atoms with Gasteiger partial charge >= 0.3 is 0 Å². The van der Waals surface area contributed by atoms with Gasteiger partial charge in [-0.2, -0.15) is 0 Å². The lowest BCUT2D eigenvalue weighted by atomic mass is 10.4. The van der Waals surface area contributed by atoms with E-state index in [9.17, 15) is 0 Å². The topological polar surface area (TPSA) is 73.5 Å². The minimum Gasteiger partial charge on any atom is -0.384 e. The van der Waals surface area contributed by atoms with Crippen LogP contribution in [-0.4, -0.2) is 43.4 Å². The van der Waals surface area contributed by atoms with Crippen LogP contribution < -0.4 is 10.6 Å². The number of anilines is 2. The molecule has 0 radical (unpaired) electrons. The predicted molar refractivity (Wildman–Crippen MR) is 71.5 cm³/mol. The van der Waals surface area contributed by atoms with E-state index in [0.717, 1.165) is 19.0 Å². The van der Waals surface area contributed by atoms with Crippen molar-refractivity contribution in [1.82, 2.24) is 9.97 Å². The Hall–Kier alpha value is -1.40. The molecular formula is C12H22N4O2. The molecule has 0 aliphatic rings. The Morgan fingerprint density at radius 2 is 1.94 bits per heavy atom. The molecule has 1 heterocycles. The van der Waals surface area contributed by atoms with Gasteiger partial charge in [-0.05, 0) is 13.8 Å². The summed E-state index contributed by atoms with van der Waals surface area (Å²) in [5.74, 6) is 1.85.